The fourth-order valence-corrected chi connectivity index (χ4v) is 2.51. The third-order valence-electron chi connectivity index (χ3n) is 3.36. The number of ether oxygens (including phenoxy) is 1. The molecule has 114 valence electrons. The molecule has 1 aromatic carbocycles. The summed E-state index contributed by atoms with van der Waals surface area (Å²) in [5, 5.41) is 9.46. The monoisotopic (exact) mass is 311 g/mol. The van der Waals surface area contributed by atoms with Gasteiger partial charge in [-0.3, -0.25) is 9.59 Å². The van der Waals surface area contributed by atoms with Crippen LogP contribution in [0.5, 0.6) is 5.75 Å². The highest BCUT2D eigenvalue weighted by atomic mass is 35.5. The molecule has 5 nitrogen and oxygen atoms in total. The quantitative estimate of drug-likeness (QED) is 0.928. The van der Waals surface area contributed by atoms with Gasteiger partial charge in [0.2, 0.25) is 0 Å². The summed E-state index contributed by atoms with van der Waals surface area (Å²) in [5.41, 5.74) is 0.377. The topological polar surface area (TPSA) is 66.8 Å². The molecule has 6 heteroatoms. The Balaban J connectivity index is 2.22. The minimum absolute atomic E-state index is 0.0666. The predicted octanol–water partition coefficient (Wildman–Crippen LogP) is 2.67. The average Bonchev–Trinajstić information content (AvgIpc) is 2.89. The van der Waals surface area contributed by atoms with Crippen molar-refractivity contribution in [1.82, 2.24) is 4.90 Å². The maximum absolute atomic E-state index is 12.6. The van der Waals surface area contributed by atoms with Crippen molar-refractivity contribution in [3.05, 3.63) is 28.8 Å². The molecule has 1 amide bonds. The van der Waals surface area contributed by atoms with Gasteiger partial charge in [-0.15, -0.1) is 0 Å². The average molecular weight is 312 g/mol. The number of hydrogen-bond acceptors (Lipinski definition) is 3. The van der Waals surface area contributed by atoms with E-state index in [-0.39, 0.29) is 18.6 Å². The van der Waals surface area contributed by atoms with Crippen LogP contribution in [-0.4, -0.2) is 41.1 Å². The van der Waals surface area contributed by atoms with Gasteiger partial charge in [0.15, 0.2) is 0 Å². The molecule has 1 atom stereocenters. The van der Waals surface area contributed by atoms with Gasteiger partial charge < -0.3 is 14.7 Å². The molecule has 1 heterocycles. The number of carboxylic acids is 1. The molecule has 0 aromatic heterocycles. The zero-order valence-corrected chi connectivity index (χ0v) is 12.8. The van der Waals surface area contributed by atoms with Crippen LogP contribution in [0, 0.1) is 5.92 Å². The summed E-state index contributed by atoms with van der Waals surface area (Å²) in [6.45, 7) is 4.41. The fourth-order valence-electron chi connectivity index (χ4n) is 2.34. The van der Waals surface area contributed by atoms with Crippen molar-refractivity contribution in [2.24, 2.45) is 5.92 Å². The third kappa shape index (κ3) is 3.67. The molecule has 1 fully saturated rings. The highest BCUT2D eigenvalue weighted by Gasteiger charge is 2.32. The van der Waals surface area contributed by atoms with Crippen molar-refractivity contribution in [3.63, 3.8) is 0 Å². The van der Waals surface area contributed by atoms with E-state index in [9.17, 15) is 9.59 Å². The zero-order chi connectivity index (χ0) is 15.6. The Morgan fingerprint density at radius 2 is 2.14 bits per heavy atom. The van der Waals surface area contributed by atoms with Crippen molar-refractivity contribution in [3.8, 4) is 5.75 Å². The Morgan fingerprint density at radius 3 is 2.71 bits per heavy atom. The van der Waals surface area contributed by atoms with Crippen LogP contribution in [0.3, 0.4) is 0 Å². The highest BCUT2D eigenvalue weighted by molar-refractivity contribution is 6.31. The van der Waals surface area contributed by atoms with Crippen LogP contribution in [0.2, 0.25) is 5.02 Å². The van der Waals surface area contributed by atoms with Crippen molar-refractivity contribution in [1.29, 1.82) is 0 Å². The van der Waals surface area contributed by atoms with Crippen LogP contribution in [0.4, 0.5) is 0 Å². The van der Waals surface area contributed by atoms with E-state index >= 15 is 0 Å². The maximum Gasteiger partial charge on any atom is 0.308 e. The first kappa shape index (κ1) is 15.6. The summed E-state index contributed by atoms with van der Waals surface area (Å²) in [7, 11) is 0. The molecule has 21 heavy (non-hydrogen) atoms. The van der Waals surface area contributed by atoms with Gasteiger partial charge in [-0.25, -0.2) is 0 Å². The molecule has 1 N–H and O–H groups in total. The summed E-state index contributed by atoms with van der Waals surface area (Å²) in [6, 6.07) is 4.90. The van der Waals surface area contributed by atoms with E-state index in [2.05, 4.69) is 0 Å². The summed E-state index contributed by atoms with van der Waals surface area (Å²) in [5.74, 6) is -1.13. The standard InChI is InChI=1S/C15H18ClNO4/c1-9(2)21-13-4-3-11(16)7-12(13)14(18)17-6-5-10(8-17)15(19)20/h3-4,7,9-10H,5-6,8H2,1-2H3,(H,19,20). The first-order chi connectivity index (χ1) is 9.88. The second-order valence-electron chi connectivity index (χ2n) is 5.38. The number of carbonyl (C=O) groups excluding carboxylic acids is 1. The Morgan fingerprint density at radius 1 is 1.43 bits per heavy atom. The molecular formula is C15H18ClNO4. The number of amides is 1. The summed E-state index contributed by atoms with van der Waals surface area (Å²) in [4.78, 5) is 25.1. The lowest BCUT2D eigenvalue weighted by molar-refractivity contribution is -0.141. The Bertz CT molecular complexity index is 559. The zero-order valence-electron chi connectivity index (χ0n) is 12.0. The van der Waals surface area contributed by atoms with E-state index < -0.39 is 11.9 Å². The first-order valence-corrected chi connectivity index (χ1v) is 7.24. The maximum atomic E-state index is 12.6. The number of carbonyl (C=O) groups is 2. The molecule has 1 aliphatic heterocycles. The minimum atomic E-state index is -0.866. The van der Waals surface area contributed by atoms with E-state index in [1.807, 2.05) is 13.8 Å². The molecule has 0 bridgehead atoms. The molecule has 0 aliphatic carbocycles. The van der Waals surface area contributed by atoms with Crippen LogP contribution >= 0.6 is 11.6 Å². The smallest absolute Gasteiger partial charge is 0.308 e. The van der Waals surface area contributed by atoms with Gasteiger partial charge >= 0.3 is 5.97 Å². The molecule has 1 unspecified atom stereocenters. The second kappa shape index (κ2) is 6.35. The number of halogens is 1. The number of nitrogens with zero attached hydrogens (tertiary/aromatic N) is 1. The van der Waals surface area contributed by atoms with Gasteiger partial charge in [0.25, 0.3) is 5.91 Å². The van der Waals surface area contributed by atoms with E-state index in [1.165, 1.54) is 4.90 Å². The summed E-state index contributed by atoms with van der Waals surface area (Å²) in [6.07, 6.45) is 0.408. The van der Waals surface area contributed by atoms with Gasteiger partial charge in [0.1, 0.15) is 5.75 Å². The van der Waals surface area contributed by atoms with E-state index in [4.69, 9.17) is 21.4 Å². The van der Waals surface area contributed by atoms with E-state index in [1.54, 1.807) is 18.2 Å². The van der Waals surface area contributed by atoms with Crippen LogP contribution in [0.1, 0.15) is 30.6 Å². The van der Waals surface area contributed by atoms with E-state index in [0.717, 1.165) is 0 Å². The van der Waals surface area contributed by atoms with Crippen molar-refractivity contribution >= 4 is 23.5 Å². The molecular weight excluding hydrogens is 294 g/mol. The van der Waals surface area contributed by atoms with E-state index in [0.29, 0.717) is 29.3 Å². The van der Waals surface area contributed by atoms with Crippen molar-refractivity contribution in [2.75, 3.05) is 13.1 Å². The van der Waals surface area contributed by atoms with Gasteiger partial charge in [0.05, 0.1) is 17.6 Å². The first-order valence-electron chi connectivity index (χ1n) is 6.86. The highest BCUT2D eigenvalue weighted by Crippen LogP contribution is 2.27. The van der Waals surface area contributed by atoms with Gasteiger partial charge in [-0.2, -0.15) is 0 Å². The van der Waals surface area contributed by atoms with Gasteiger partial charge in [-0.05, 0) is 38.5 Å². The number of benzene rings is 1. The lowest BCUT2D eigenvalue weighted by atomic mass is 10.1. The third-order valence-corrected chi connectivity index (χ3v) is 3.59. The Hall–Kier alpha value is -1.75. The molecule has 1 saturated heterocycles. The van der Waals surface area contributed by atoms with Crippen LogP contribution in [0.25, 0.3) is 0 Å². The molecule has 2 rings (SSSR count). The molecule has 0 spiro atoms. The number of likely N-dealkylation sites (tertiary alicyclic amines) is 1. The Labute approximate surface area is 128 Å². The fraction of sp³-hybridized carbons (Fsp3) is 0.467. The predicted molar refractivity (Wildman–Crippen MR) is 78.9 cm³/mol. The number of rotatable bonds is 4. The van der Waals surface area contributed by atoms with Crippen molar-refractivity contribution in [2.45, 2.75) is 26.4 Å². The summed E-state index contributed by atoms with van der Waals surface area (Å²) < 4.78 is 5.63. The van der Waals surface area contributed by atoms with Gasteiger partial charge in [-0.1, -0.05) is 11.6 Å². The molecule has 0 radical (unpaired) electrons. The lowest BCUT2D eigenvalue weighted by Crippen LogP contribution is -2.30. The largest absolute Gasteiger partial charge is 0.490 e. The van der Waals surface area contributed by atoms with Crippen LogP contribution in [-0.2, 0) is 4.79 Å². The molecule has 0 saturated carbocycles. The minimum Gasteiger partial charge on any atom is -0.490 e. The number of hydrogen-bond donors (Lipinski definition) is 1. The van der Waals surface area contributed by atoms with Gasteiger partial charge in [0, 0.05) is 18.1 Å². The van der Waals surface area contributed by atoms with Crippen LogP contribution < -0.4 is 4.74 Å². The van der Waals surface area contributed by atoms with Crippen LogP contribution in [0.15, 0.2) is 18.2 Å². The SMILES string of the molecule is CC(C)Oc1ccc(Cl)cc1C(=O)N1CCC(C(=O)O)C1. The molecule has 1 aromatic rings. The normalized spacial score (nSPS) is 18.1. The Kier molecular flexibility index (Phi) is 4.73. The summed E-state index contributed by atoms with van der Waals surface area (Å²) >= 11 is 5.96. The number of aliphatic carboxylic acids is 1. The number of carboxylic acid groups (broad SMARTS) is 1. The lowest BCUT2D eigenvalue weighted by Gasteiger charge is -2.19. The second-order valence-corrected chi connectivity index (χ2v) is 5.82. The molecule has 1 aliphatic rings. The van der Waals surface area contributed by atoms with Crippen molar-refractivity contribution < 1.29 is 19.4 Å².